The number of hydrogen-bond acceptors (Lipinski definition) is 7. The molecule has 3 heterocycles. The predicted molar refractivity (Wildman–Crippen MR) is 93.5 cm³/mol. The Balaban J connectivity index is 1.48. The lowest BCUT2D eigenvalue weighted by Gasteiger charge is -2.02. The van der Waals surface area contributed by atoms with Gasteiger partial charge in [-0.05, 0) is 24.3 Å². The van der Waals surface area contributed by atoms with Crippen LogP contribution in [0.1, 0.15) is 5.82 Å². The van der Waals surface area contributed by atoms with Crippen molar-refractivity contribution < 1.29 is 4.52 Å². The Morgan fingerprint density at radius 1 is 1.04 bits per heavy atom. The molecular formula is C17H14N6OS. The lowest BCUT2D eigenvalue weighted by atomic mass is 10.2. The van der Waals surface area contributed by atoms with Gasteiger partial charge in [0.2, 0.25) is 0 Å². The first-order valence-electron chi connectivity index (χ1n) is 7.62. The van der Waals surface area contributed by atoms with Crippen molar-refractivity contribution in [3.63, 3.8) is 0 Å². The van der Waals surface area contributed by atoms with Crippen LogP contribution in [0.5, 0.6) is 0 Å². The molecule has 0 aliphatic heterocycles. The number of rotatable bonds is 5. The fraction of sp³-hybridized carbons (Fsp3) is 0.118. The van der Waals surface area contributed by atoms with Crippen molar-refractivity contribution in [1.29, 1.82) is 0 Å². The van der Waals surface area contributed by atoms with Crippen LogP contribution in [0.25, 0.3) is 22.8 Å². The summed E-state index contributed by atoms with van der Waals surface area (Å²) in [6.45, 7) is 0. The molecule has 0 radical (unpaired) electrons. The maximum Gasteiger partial charge on any atom is 0.257 e. The Bertz CT molecular complexity index is 967. The van der Waals surface area contributed by atoms with Crippen molar-refractivity contribution in [2.45, 2.75) is 10.9 Å². The molecule has 4 aromatic rings. The highest BCUT2D eigenvalue weighted by Gasteiger charge is 2.14. The molecule has 1 aromatic carbocycles. The number of benzene rings is 1. The second-order valence-corrected chi connectivity index (χ2v) is 6.22. The van der Waals surface area contributed by atoms with E-state index in [-0.39, 0.29) is 0 Å². The van der Waals surface area contributed by atoms with E-state index >= 15 is 0 Å². The van der Waals surface area contributed by atoms with Crippen LogP contribution in [0.4, 0.5) is 0 Å². The summed E-state index contributed by atoms with van der Waals surface area (Å²) in [4.78, 5) is 8.54. The minimum Gasteiger partial charge on any atom is -0.334 e. The molecule has 0 saturated heterocycles. The minimum atomic E-state index is 0.519. The normalized spacial score (nSPS) is 10.9. The molecule has 0 atom stereocenters. The second-order valence-electron chi connectivity index (χ2n) is 5.28. The summed E-state index contributed by atoms with van der Waals surface area (Å²) in [5.41, 5.74) is 1.83. The quantitative estimate of drug-likeness (QED) is 0.511. The summed E-state index contributed by atoms with van der Waals surface area (Å²) >= 11 is 1.51. The van der Waals surface area contributed by atoms with Gasteiger partial charge in [0.1, 0.15) is 0 Å². The standard InChI is InChI=1S/C17H14N6OS/c1-23-15(13-8-5-9-18-10-13)20-21-17(23)25-11-14-19-16(24-22-14)12-6-3-2-4-7-12/h2-10H,11H2,1H3. The van der Waals surface area contributed by atoms with E-state index in [4.69, 9.17) is 4.52 Å². The van der Waals surface area contributed by atoms with Crippen LogP contribution in [0.2, 0.25) is 0 Å². The highest BCUT2D eigenvalue weighted by molar-refractivity contribution is 7.98. The van der Waals surface area contributed by atoms with Crippen molar-refractivity contribution >= 4 is 11.8 Å². The Labute approximate surface area is 148 Å². The van der Waals surface area contributed by atoms with Crippen molar-refractivity contribution in [2.24, 2.45) is 7.05 Å². The fourth-order valence-corrected chi connectivity index (χ4v) is 3.08. The third-order valence-corrected chi connectivity index (χ3v) is 4.59. The fourth-order valence-electron chi connectivity index (χ4n) is 2.33. The van der Waals surface area contributed by atoms with Crippen LogP contribution in [0.15, 0.2) is 64.5 Å². The van der Waals surface area contributed by atoms with Crippen LogP contribution >= 0.6 is 11.8 Å². The van der Waals surface area contributed by atoms with Gasteiger partial charge in [-0.2, -0.15) is 4.98 Å². The smallest absolute Gasteiger partial charge is 0.257 e. The van der Waals surface area contributed by atoms with Crippen molar-refractivity contribution in [3.8, 4) is 22.8 Å². The molecule has 0 unspecified atom stereocenters. The van der Waals surface area contributed by atoms with Crippen LogP contribution < -0.4 is 0 Å². The zero-order valence-electron chi connectivity index (χ0n) is 13.4. The van der Waals surface area contributed by atoms with Crippen molar-refractivity contribution in [3.05, 3.63) is 60.7 Å². The van der Waals surface area contributed by atoms with Gasteiger partial charge in [0.15, 0.2) is 16.8 Å². The third-order valence-electron chi connectivity index (χ3n) is 3.57. The van der Waals surface area contributed by atoms with E-state index in [2.05, 4.69) is 25.3 Å². The van der Waals surface area contributed by atoms with E-state index in [1.54, 1.807) is 12.4 Å². The van der Waals surface area contributed by atoms with E-state index in [0.717, 1.165) is 22.1 Å². The molecule has 4 rings (SSSR count). The molecule has 0 bridgehead atoms. The first-order valence-corrected chi connectivity index (χ1v) is 8.60. The van der Waals surface area contributed by atoms with Crippen molar-refractivity contribution in [2.75, 3.05) is 0 Å². The van der Waals surface area contributed by atoms with Gasteiger partial charge in [-0.1, -0.05) is 35.1 Å². The zero-order chi connectivity index (χ0) is 17.1. The Kier molecular flexibility index (Phi) is 4.26. The maximum atomic E-state index is 5.32. The molecule has 124 valence electrons. The predicted octanol–water partition coefficient (Wildman–Crippen LogP) is 3.22. The first-order chi connectivity index (χ1) is 12.3. The summed E-state index contributed by atoms with van der Waals surface area (Å²) in [7, 11) is 1.93. The number of thioether (sulfide) groups is 1. The van der Waals surface area contributed by atoms with E-state index in [9.17, 15) is 0 Å². The average Bonchev–Trinajstić information content (AvgIpc) is 3.28. The van der Waals surface area contributed by atoms with Crippen LogP contribution in [-0.2, 0) is 12.8 Å². The summed E-state index contributed by atoms with van der Waals surface area (Å²) in [5.74, 6) is 2.46. The van der Waals surface area contributed by atoms with Crippen LogP contribution in [0, 0.1) is 0 Å². The van der Waals surface area contributed by atoms with Gasteiger partial charge in [-0.3, -0.25) is 4.98 Å². The monoisotopic (exact) mass is 350 g/mol. The number of pyridine rings is 1. The summed E-state index contributed by atoms with van der Waals surface area (Å²) in [6, 6.07) is 13.5. The van der Waals surface area contributed by atoms with Gasteiger partial charge in [-0.15, -0.1) is 10.2 Å². The van der Waals surface area contributed by atoms with Crippen LogP contribution in [-0.4, -0.2) is 29.9 Å². The molecule has 0 amide bonds. The molecule has 3 aromatic heterocycles. The summed E-state index contributed by atoms with van der Waals surface area (Å²) < 4.78 is 7.25. The summed E-state index contributed by atoms with van der Waals surface area (Å²) in [5, 5.41) is 13.3. The molecule has 0 fully saturated rings. The first kappa shape index (κ1) is 15.5. The molecule has 25 heavy (non-hydrogen) atoms. The maximum absolute atomic E-state index is 5.32. The molecule has 0 aliphatic carbocycles. The molecular weight excluding hydrogens is 336 g/mol. The minimum absolute atomic E-state index is 0.519. The lowest BCUT2D eigenvalue weighted by Crippen LogP contribution is -1.95. The molecule has 0 spiro atoms. The van der Waals surface area contributed by atoms with Crippen molar-refractivity contribution in [1.82, 2.24) is 29.9 Å². The Morgan fingerprint density at radius 2 is 1.88 bits per heavy atom. The molecule has 8 heteroatoms. The second kappa shape index (κ2) is 6.86. The van der Waals surface area contributed by atoms with E-state index in [1.165, 1.54) is 11.8 Å². The largest absolute Gasteiger partial charge is 0.334 e. The molecule has 0 saturated carbocycles. The van der Waals surface area contributed by atoms with E-state index < -0.39 is 0 Å². The SMILES string of the molecule is Cn1c(SCc2noc(-c3ccccc3)n2)nnc1-c1cccnc1. The highest BCUT2D eigenvalue weighted by Crippen LogP contribution is 2.25. The van der Waals surface area contributed by atoms with Gasteiger partial charge in [0.05, 0.1) is 5.75 Å². The Hall–Kier alpha value is -3.00. The van der Waals surface area contributed by atoms with Gasteiger partial charge in [0, 0.05) is 30.6 Å². The van der Waals surface area contributed by atoms with E-state index in [1.807, 2.05) is 54.1 Å². The van der Waals surface area contributed by atoms with E-state index in [0.29, 0.717) is 17.5 Å². The number of hydrogen-bond donors (Lipinski definition) is 0. The van der Waals surface area contributed by atoms with Crippen LogP contribution in [0.3, 0.4) is 0 Å². The van der Waals surface area contributed by atoms with Gasteiger partial charge in [0.25, 0.3) is 5.89 Å². The Morgan fingerprint density at radius 3 is 2.68 bits per heavy atom. The van der Waals surface area contributed by atoms with Gasteiger partial charge >= 0.3 is 0 Å². The zero-order valence-corrected chi connectivity index (χ0v) is 14.2. The third kappa shape index (κ3) is 3.29. The molecule has 0 aliphatic rings. The highest BCUT2D eigenvalue weighted by atomic mass is 32.2. The lowest BCUT2D eigenvalue weighted by molar-refractivity contribution is 0.425. The van der Waals surface area contributed by atoms with Gasteiger partial charge in [-0.25, -0.2) is 0 Å². The number of nitrogens with zero attached hydrogens (tertiary/aromatic N) is 6. The molecule has 7 nitrogen and oxygen atoms in total. The molecule has 0 N–H and O–H groups in total. The summed E-state index contributed by atoms with van der Waals surface area (Å²) in [6.07, 6.45) is 3.50. The topological polar surface area (TPSA) is 82.5 Å². The number of aromatic nitrogens is 6. The average molecular weight is 350 g/mol. The van der Waals surface area contributed by atoms with Gasteiger partial charge < -0.3 is 9.09 Å².